The maximum absolute atomic E-state index is 10.8. The van der Waals surface area contributed by atoms with E-state index in [9.17, 15) is 10.1 Å². The van der Waals surface area contributed by atoms with Crippen molar-refractivity contribution < 1.29 is 14.4 Å². The van der Waals surface area contributed by atoms with Gasteiger partial charge in [-0.05, 0) is 35.9 Å². The lowest BCUT2D eigenvalue weighted by molar-refractivity contribution is -0.390. The predicted molar refractivity (Wildman–Crippen MR) is 77.4 cm³/mol. The highest BCUT2D eigenvalue weighted by atomic mass is 32.1. The van der Waals surface area contributed by atoms with Crippen LogP contribution in [0.3, 0.4) is 0 Å². The highest BCUT2D eigenvalue weighted by Crippen LogP contribution is 2.25. The van der Waals surface area contributed by atoms with Gasteiger partial charge in [0.1, 0.15) is 23.9 Å². The number of nitro groups is 1. The van der Waals surface area contributed by atoms with Crippen molar-refractivity contribution in [3.8, 4) is 5.75 Å². The van der Waals surface area contributed by atoms with Crippen molar-refractivity contribution in [3.63, 3.8) is 0 Å². The molecule has 0 radical (unpaired) electrons. The zero-order valence-electron chi connectivity index (χ0n) is 11.7. The monoisotopic (exact) mass is 309 g/mol. The van der Waals surface area contributed by atoms with Crippen LogP contribution < -0.4 is 4.74 Å². The number of aromatic nitrogens is 2. The number of hydrogen-bond donors (Lipinski definition) is 0. The lowest BCUT2D eigenvalue weighted by atomic mass is 10.4. The Morgan fingerprint density at radius 1 is 1.52 bits per heavy atom. The maximum atomic E-state index is 10.8. The summed E-state index contributed by atoms with van der Waals surface area (Å²) in [6.45, 7) is 4.63. The number of nitrogens with zero attached hydrogens (tertiary/aromatic N) is 3. The molecule has 0 bridgehead atoms. The van der Waals surface area contributed by atoms with Crippen LogP contribution in [0.25, 0.3) is 0 Å². The van der Waals surface area contributed by atoms with Gasteiger partial charge in [0.05, 0.1) is 5.69 Å². The third-order valence-corrected chi connectivity index (χ3v) is 3.69. The summed E-state index contributed by atoms with van der Waals surface area (Å²) in [5, 5.41) is 13.5. The average molecular weight is 309 g/mol. The minimum atomic E-state index is -0.570. The molecule has 2 aromatic rings. The molecular weight excluding hydrogens is 294 g/mol. The standard InChI is InChI=1S/C13H15N3O4S/c1-3-19-9(2)13-15-10(8-21-13)7-20-11-5-4-6-14-12(11)16(17)18/h4-6,8-9H,3,7H2,1-2H3/t9-/m1/s1. The minimum Gasteiger partial charge on any atom is -0.479 e. The van der Waals surface area contributed by atoms with Crippen LogP contribution in [0.15, 0.2) is 23.7 Å². The van der Waals surface area contributed by atoms with E-state index in [1.807, 2.05) is 19.2 Å². The van der Waals surface area contributed by atoms with Crippen LogP contribution >= 0.6 is 11.3 Å². The number of ether oxygens (including phenoxy) is 2. The van der Waals surface area contributed by atoms with E-state index in [4.69, 9.17) is 9.47 Å². The van der Waals surface area contributed by atoms with E-state index >= 15 is 0 Å². The van der Waals surface area contributed by atoms with Crippen LogP contribution in [0.5, 0.6) is 5.75 Å². The fourth-order valence-electron chi connectivity index (χ4n) is 1.68. The zero-order valence-corrected chi connectivity index (χ0v) is 12.5. The van der Waals surface area contributed by atoms with E-state index in [1.165, 1.54) is 23.6 Å². The number of rotatable bonds is 7. The number of thiazole rings is 1. The maximum Gasteiger partial charge on any atom is 0.406 e. The van der Waals surface area contributed by atoms with Crippen molar-refractivity contribution in [3.05, 3.63) is 44.5 Å². The summed E-state index contributed by atoms with van der Waals surface area (Å²) < 4.78 is 10.9. The molecule has 2 heterocycles. The Labute approximate surface area is 125 Å². The van der Waals surface area contributed by atoms with Gasteiger partial charge in [-0.2, -0.15) is 0 Å². The lowest BCUT2D eigenvalue weighted by Crippen LogP contribution is -2.02. The highest BCUT2D eigenvalue weighted by molar-refractivity contribution is 7.09. The molecule has 0 spiro atoms. The molecule has 2 aromatic heterocycles. The molecule has 0 aliphatic carbocycles. The first-order valence-corrected chi connectivity index (χ1v) is 7.28. The van der Waals surface area contributed by atoms with E-state index in [2.05, 4.69) is 9.97 Å². The Morgan fingerprint density at radius 2 is 2.33 bits per heavy atom. The second-order valence-electron chi connectivity index (χ2n) is 4.15. The van der Waals surface area contributed by atoms with Crippen LogP contribution in [-0.4, -0.2) is 21.5 Å². The summed E-state index contributed by atoms with van der Waals surface area (Å²) >= 11 is 1.48. The van der Waals surface area contributed by atoms with Gasteiger partial charge in [-0.3, -0.25) is 0 Å². The van der Waals surface area contributed by atoms with Crippen LogP contribution in [0.1, 0.15) is 30.7 Å². The van der Waals surface area contributed by atoms with E-state index in [1.54, 1.807) is 6.07 Å². The Balaban J connectivity index is 2.02. The third kappa shape index (κ3) is 3.96. The van der Waals surface area contributed by atoms with Crippen LogP contribution in [-0.2, 0) is 11.3 Å². The van der Waals surface area contributed by atoms with Gasteiger partial charge in [-0.1, -0.05) is 0 Å². The van der Waals surface area contributed by atoms with Gasteiger partial charge in [0, 0.05) is 12.0 Å². The molecule has 7 nitrogen and oxygen atoms in total. The molecule has 0 N–H and O–H groups in total. The van der Waals surface area contributed by atoms with Gasteiger partial charge in [0.15, 0.2) is 0 Å². The fourth-order valence-corrected chi connectivity index (χ4v) is 2.49. The molecule has 8 heteroatoms. The summed E-state index contributed by atoms with van der Waals surface area (Å²) in [6, 6.07) is 3.10. The first-order chi connectivity index (χ1) is 10.1. The summed E-state index contributed by atoms with van der Waals surface area (Å²) in [7, 11) is 0. The SMILES string of the molecule is CCO[C@H](C)c1nc(COc2cccnc2[N+](=O)[O-])cs1. The molecule has 0 aliphatic heterocycles. The van der Waals surface area contributed by atoms with Gasteiger partial charge < -0.3 is 19.6 Å². The highest BCUT2D eigenvalue weighted by Gasteiger charge is 2.16. The van der Waals surface area contributed by atoms with E-state index in [0.717, 1.165) is 5.01 Å². The average Bonchev–Trinajstić information content (AvgIpc) is 2.94. The predicted octanol–water partition coefficient (Wildman–Crippen LogP) is 3.12. The van der Waals surface area contributed by atoms with Crippen molar-refractivity contribution in [2.75, 3.05) is 6.61 Å². The molecule has 0 fully saturated rings. The van der Waals surface area contributed by atoms with Gasteiger partial charge in [0.2, 0.25) is 5.75 Å². The second-order valence-corrected chi connectivity index (χ2v) is 5.04. The molecule has 0 aliphatic rings. The molecule has 0 unspecified atom stereocenters. The van der Waals surface area contributed by atoms with Crippen molar-refractivity contribution in [1.29, 1.82) is 0 Å². The normalized spacial score (nSPS) is 12.1. The van der Waals surface area contributed by atoms with Crippen LogP contribution in [0.4, 0.5) is 5.82 Å². The Bertz CT molecular complexity index is 617. The molecule has 1 atom stereocenters. The quantitative estimate of drug-likeness (QED) is 0.577. The number of pyridine rings is 1. The molecule has 0 aromatic carbocycles. The molecule has 2 rings (SSSR count). The van der Waals surface area contributed by atoms with E-state index in [-0.39, 0.29) is 24.3 Å². The molecule has 0 saturated heterocycles. The minimum absolute atomic E-state index is 0.0681. The third-order valence-electron chi connectivity index (χ3n) is 2.63. The molecule has 0 saturated carbocycles. The molecular formula is C13H15N3O4S. The summed E-state index contributed by atoms with van der Waals surface area (Å²) in [5.41, 5.74) is 0.708. The van der Waals surface area contributed by atoms with Gasteiger partial charge in [-0.15, -0.1) is 11.3 Å². The Morgan fingerprint density at radius 3 is 3.05 bits per heavy atom. The molecule has 112 valence electrons. The summed E-state index contributed by atoms with van der Waals surface area (Å²) in [5.74, 6) is -0.162. The van der Waals surface area contributed by atoms with Gasteiger partial charge in [-0.25, -0.2) is 4.98 Å². The van der Waals surface area contributed by atoms with Crippen molar-refractivity contribution in [1.82, 2.24) is 9.97 Å². The first kappa shape index (κ1) is 15.3. The Hall–Kier alpha value is -2.06. The van der Waals surface area contributed by atoms with E-state index in [0.29, 0.717) is 12.3 Å². The zero-order chi connectivity index (χ0) is 15.2. The van der Waals surface area contributed by atoms with Crippen molar-refractivity contribution >= 4 is 17.2 Å². The summed E-state index contributed by atoms with van der Waals surface area (Å²) in [6.07, 6.45) is 1.29. The topological polar surface area (TPSA) is 87.4 Å². The smallest absolute Gasteiger partial charge is 0.406 e. The number of hydrogen-bond acceptors (Lipinski definition) is 7. The van der Waals surface area contributed by atoms with Gasteiger partial charge in [0.25, 0.3) is 0 Å². The Kier molecular flexibility index (Phi) is 5.18. The van der Waals surface area contributed by atoms with Crippen molar-refractivity contribution in [2.45, 2.75) is 26.6 Å². The van der Waals surface area contributed by atoms with Gasteiger partial charge >= 0.3 is 5.82 Å². The first-order valence-electron chi connectivity index (χ1n) is 6.40. The van der Waals surface area contributed by atoms with Crippen LogP contribution in [0, 0.1) is 10.1 Å². The molecule has 21 heavy (non-hydrogen) atoms. The molecule has 0 amide bonds. The van der Waals surface area contributed by atoms with Crippen LogP contribution in [0.2, 0.25) is 0 Å². The second kappa shape index (κ2) is 7.09. The summed E-state index contributed by atoms with van der Waals surface area (Å²) in [4.78, 5) is 18.3. The van der Waals surface area contributed by atoms with Crippen molar-refractivity contribution in [2.24, 2.45) is 0 Å². The largest absolute Gasteiger partial charge is 0.479 e. The van der Waals surface area contributed by atoms with E-state index < -0.39 is 4.92 Å². The fraction of sp³-hybridized carbons (Fsp3) is 0.385. The lowest BCUT2D eigenvalue weighted by Gasteiger charge is -2.07.